The van der Waals surface area contributed by atoms with Crippen molar-refractivity contribution in [2.45, 2.75) is 33.1 Å². The van der Waals surface area contributed by atoms with Crippen molar-refractivity contribution in [3.63, 3.8) is 0 Å². The zero-order valence-electron chi connectivity index (χ0n) is 12.6. The lowest BCUT2D eigenvalue weighted by Crippen LogP contribution is -2.07. The summed E-state index contributed by atoms with van der Waals surface area (Å²) in [6, 6.07) is 8.35. The van der Waals surface area contributed by atoms with Gasteiger partial charge in [0.2, 0.25) is 11.9 Å². The second-order valence-corrected chi connectivity index (χ2v) is 5.05. The number of hydrogen-bond acceptors (Lipinski definition) is 6. The predicted molar refractivity (Wildman–Crippen MR) is 83.8 cm³/mol. The molecule has 6 heteroatoms. The van der Waals surface area contributed by atoms with Crippen LogP contribution in [0.25, 0.3) is 0 Å². The minimum atomic E-state index is 0.138. The molecule has 0 aliphatic heterocycles. The van der Waals surface area contributed by atoms with Crippen LogP contribution in [-0.4, -0.2) is 21.6 Å². The third kappa shape index (κ3) is 4.30. The van der Waals surface area contributed by atoms with E-state index in [0.29, 0.717) is 18.5 Å². The number of hydrogen-bond donors (Lipinski definition) is 2. The summed E-state index contributed by atoms with van der Waals surface area (Å²) in [6.45, 7) is 6.86. The molecule has 0 aliphatic rings. The van der Waals surface area contributed by atoms with Crippen LogP contribution in [0.1, 0.15) is 38.7 Å². The largest absolute Gasteiger partial charge is 0.463 e. The van der Waals surface area contributed by atoms with Gasteiger partial charge in [0.1, 0.15) is 0 Å². The third-order valence-corrected chi connectivity index (χ3v) is 2.88. The molecule has 0 bridgehead atoms. The molecule has 0 saturated carbocycles. The summed E-state index contributed by atoms with van der Waals surface area (Å²) in [6.07, 6.45) is 0.880. The Labute approximate surface area is 124 Å². The first-order valence-corrected chi connectivity index (χ1v) is 7.09. The fraction of sp³-hybridized carbons (Fsp3) is 0.400. The second-order valence-electron chi connectivity index (χ2n) is 5.05. The number of nitrogens with zero attached hydrogens (tertiary/aromatic N) is 3. The van der Waals surface area contributed by atoms with Crippen molar-refractivity contribution >= 4 is 17.6 Å². The molecule has 2 rings (SSSR count). The highest BCUT2D eigenvalue weighted by molar-refractivity contribution is 5.55. The van der Waals surface area contributed by atoms with Crippen molar-refractivity contribution in [1.29, 1.82) is 0 Å². The van der Waals surface area contributed by atoms with Crippen LogP contribution >= 0.6 is 0 Å². The summed E-state index contributed by atoms with van der Waals surface area (Å²) < 4.78 is 5.39. The summed E-state index contributed by atoms with van der Waals surface area (Å²) in [4.78, 5) is 12.2. The Kier molecular flexibility index (Phi) is 4.92. The van der Waals surface area contributed by atoms with Gasteiger partial charge in [0.25, 0.3) is 0 Å². The zero-order chi connectivity index (χ0) is 15.2. The lowest BCUT2D eigenvalue weighted by atomic mass is 10.0. The highest BCUT2D eigenvalue weighted by atomic mass is 16.5. The van der Waals surface area contributed by atoms with E-state index in [1.807, 2.05) is 19.1 Å². The minimum absolute atomic E-state index is 0.138. The molecule has 3 N–H and O–H groups in total. The van der Waals surface area contributed by atoms with E-state index in [0.717, 1.165) is 12.1 Å². The molecular formula is C15H21N5O. The van der Waals surface area contributed by atoms with Crippen LogP contribution in [0, 0.1) is 0 Å². The van der Waals surface area contributed by atoms with E-state index in [4.69, 9.17) is 10.5 Å². The van der Waals surface area contributed by atoms with E-state index < -0.39 is 0 Å². The van der Waals surface area contributed by atoms with Crippen LogP contribution in [0.3, 0.4) is 0 Å². The van der Waals surface area contributed by atoms with Crippen molar-refractivity contribution in [3.05, 3.63) is 29.8 Å². The molecule has 0 atom stereocenters. The first-order valence-electron chi connectivity index (χ1n) is 7.09. The van der Waals surface area contributed by atoms with Crippen LogP contribution in [0.4, 0.5) is 17.6 Å². The Bertz CT molecular complexity index is 600. The van der Waals surface area contributed by atoms with Crippen molar-refractivity contribution in [2.24, 2.45) is 0 Å². The highest BCUT2D eigenvalue weighted by Gasteiger charge is 2.07. The van der Waals surface area contributed by atoms with Crippen LogP contribution < -0.4 is 15.8 Å². The number of benzene rings is 1. The number of nitrogen functional groups attached to an aromatic ring is 1. The van der Waals surface area contributed by atoms with Gasteiger partial charge in [0.05, 0.1) is 6.61 Å². The van der Waals surface area contributed by atoms with E-state index in [1.54, 1.807) is 0 Å². The average Bonchev–Trinajstić information content (AvgIpc) is 2.45. The molecule has 1 aromatic carbocycles. The summed E-state index contributed by atoms with van der Waals surface area (Å²) >= 11 is 0. The second kappa shape index (κ2) is 6.88. The maximum atomic E-state index is 5.68. The SMILES string of the molecule is CCCOc1nc(N)nc(Nc2cccc(C(C)C)c2)n1. The van der Waals surface area contributed by atoms with Crippen LogP contribution in [0.5, 0.6) is 6.01 Å². The normalized spacial score (nSPS) is 10.7. The van der Waals surface area contributed by atoms with Crippen LogP contribution in [0.15, 0.2) is 24.3 Å². The van der Waals surface area contributed by atoms with Crippen molar-refractivity contribution in [1.82, 2.24) is 15.0 Å². The van der Waals surface area contributed by atoms with Gasteiger partial charge < -0.3 is 15.8 Å². The summed E-state index contributed by atoms with van der Waals surface area (Å²) in [5.41, 5.74) is 7.83. The molecule has 1 aromatic heterocycles. The zero-order valence-corrected chi connectivity index (χ0v) is 12.6. The molecule has 2 aromatic rings. The molecule has 21 heavy (non-hydrogen) atoms. The third-order valence-electron chi connectivity index (χ3n) is 2.88. The quantitative estimate of drug-likeness (QED) is 0.849. The highest BCUT2D eigenvalue weighted by Crippen LogP contribution is 2.21. The number of aromatic nitrogens is 3. The van der Waals surface area contributed by atoms with Gasteiger partial charge in [0.15, 0.2) is 0 Å². The molecule has 0 saturated heterocycles. The molecule has 0 aliphatic carbocycles. The van der Waals surface area contributed by atoms with Gasteiger partial charge in [-0.3, -0.25) is 0 Å². The predicted octanol–water partition coefficient (Wildman–Crippen LogP) is 3.11. The van der Waals surface area contributed by atoms with Gasteiger partial charge in [-0.25, -0.2) is 0 Å². The van der Waals surface area contributed by atoms with Gasteiger partial charge in [0, 0.05) is 5.69 Å². The number of ether oxygens (including phenoxy) is 1. The number of nitrogens with one attached hydrogen (secondary N) is 1. The molecular weight excluding hydrogens is 266 g/mol. The lowest BCUT2D eigenvalue weighted by molar-refractivity contribution is 0.292. The summed E-state index contributed by atoms with van der Waals surface area (Å²) in [5, 5.41) is 3.13. The molecule has 0 unspecified atom stereocenters. The number of nitrogens with two attached hydrogens (primary N) is 1. The smallest absolute Gasteiger partial charge is 0.323 e. The summed E-state index contributed by atoms with van der Waals surface area (Å²) in [7, 11) is 0. The van der Waals surface area contributed by atoms with E-state index in [-0.39, 0.29) is 12.0 Å². The van der Waals surface area contributed by atoms with Gasteiger partial charge in [-0.2, -0.15) is 15.0 Å². The Morgan fingerprint density at radius 2 is 2.05 bits per heavy atom. The van der Waals surface area contributed by atoms with E-state index >= 15 is 0 Å². The minimum Gasteiger partial charge on any atom is -0.463 e. The van der Waals surface area contributed by atoms with Crippen LogP contribution in [0.2, 0.25) is 0 Å². The van der Waals surface area contributed by atoms with Gasteiger partial charge in [-0.05, 0) is 30.0 Å². The van der Waals surface area contributed by atoms with Gasteiger partial charge >= 0.3 is 6.01 Å². The Balaban J connectivity index is 2.18. The molecule has 0 spiro atoms. The Morgan fingerprint density at radius 1 is 1.24 bits per heavy atom. The fourth-order valence-corrected chi connectivity index (χ4v) is 1.79. The average molecular weight is 287 g/mol. The molecule has 6 nitrogen and oxygen atoms in total. The van der Waals surface area contributed by atoms with Crippen LogP contribution in [-0.2, 0) is 0 Å². The van der Waals surface area contributed by atoms with Gasteiger partial charge in [-0.15, -0.1) is 0 Å². The standard InChI is InChI=1S/C15H21N5O/c1-4-8-21-15-19-13(16)18-14(20-15)17-12-7-5-6-11(9-12)10(2)3/h5-7,9-10H,4,8H2,1-3H3,(H3,16,17,18,19,20). The van der Waals surface area contributed by atoms with Crippen molar-refractivity contribution in [3.8, 4) is 6.01 Å². The maximum absolute atomic E-state index is 5.68. The van der Waals surface area contributed by atoms with E-state index in [1.165, 1.54) is 5.56 Å². The molecule has 112 valence electrons. The lowest BCUT2D eigenvalue weighted by Gasteiger charge is -2.10. The number of rotatable bonds is 6. The Hall–Kier alpha value is -2.37. The van der Waals surface area contributed by atoms with E-state index in [2.05, 4.69) is 46.2 Å². The summed E-state index contributed by atoms with van der Waals surface area (Å²) in [5.74, 6) is 0.978. The Morgan fingerprint density at radius 3 is 2.76 bits per heavy atom. The van der Waals surface area contributed by atoms with Crippen molar-refractivity contribution in [2.75, 3.05) is 17.7 Å². The topological polar surface area (TPSA) is 86.0 Å². The molecule has 0 amide bonds. The first-order chi connectivity index (χ1) is 10.1. The van der Waals surface area contributed by atoms with E-state index in [9.17, 15) is 0 Å². The monoisotopic (exact) mass is 287 g/mol. The van der Waals surface area contributed by atoms with Gasteiger partial charge in [-0.1, -0.05) is 32.9 Å². The molecule has 0 radical (unpaired) electrons. The maximum Gasteiger partial charge on any atom is 0.323 e. The fourth-order valence-electron chi connectivity index (χ4n) is 1.79. The molecule has 0 fully saturated rings. The number of anilines is 3. The first kappa shape index (κ1) is 15.0. The molecule has 1 heterocycles. The van der Waals surface area contributed by atoms with Crippen molar-refractivity contribution < 1.29 is 4.74 Å².